The van der Waals surface area contributed by atoms with Crippen molar-refractivity contribution in [1.29, 1.82) is 0 Å². The maximum absolute atomic E-state index is 5.54. The first-order chi connectivity index (χ1) is 12.2. The molecule has 3 heterocycles. The van der Waals surface area contributed by atoms with Gasteiger partial charge in [-0.15, -0.1) is 0 Å². The summed E-state index contributed by atoms with van der Waals surface area (Å²) in [5.74, 6) is 1.75. The molecule has 0 amide bonds. The van der Waals surface area contributed by atoms with E-state index in [0.29, 0.717) is 5.41 Å². The predicted molar refractivity (Wildman–Crippen MR) is 99.9 cm³/mol. The highest BCUT2D eigenvalue weighted by Crippen LogP contribution is 2.41. The molecule has 3 fully saturated rings. The van der Waals surface area contributed by atoms with Crippen molar-refractivity contribution in [2.24, 2.45) is 11.3 Å². The number of rotatable bonds is 5. The lowest BCUT2D eigenvalue weighted by atomic mass is 9.77. The van der Waals surface area contributed by atoms with E-state index in [9.17, 15) is 0 Å². The summed E-state index contributed by atoms with van der Waals surface area (Å²) in [6.07, 6.45) is 5.37. The molecule has 1 aromatic rings. The minimum atomic E-state index is 0.571. The minimum absolute atomic E-state index is 0.571. The molecule has 0 aliphatic carbocycles. The highest BCUT2D eigenvalue weighted by molar-refractivity contribution is 5.28. The van der Waals surface area contributed by atoms with E-state index in [1.807, 2.05) is 6.07 Å². The zero-order valence-corrected chi connectivity index (χ0v) is 15.6. The average molecular weight is 344 g/mol. The van der Waals surface area contributed by atoms with Crippen LogP contribution in [-0.2, 0) is 11.3 Å². The fourth-order valence-corrected chi connectivity index (χ4v) is 4.90. The lowest BCUT2D eigenvalue weighted by Crippen LogP contribution is -2.43. The Hall–Kier alpha value is -1.10. The van der Waals surface area contributed by atoms with Crippen LogP contribution < -0.4 is 4.74 Å². The van der Waals surface area contributed by atoms with Crippen LogP contribution in [0.25, 0.3) is 0 Å². The highest BCUT2D eigenvalue weighted by atomic mass is 16.5. The first kappa shape index (κ1) is 17.3. The first-order valence-electron chi connectivity index (χ1n) is 9.90. The summed E-state index contributed by atoms with van der Waals surface area (Å²) in [6, 6.07) is 8.53. The normalized spacial score (nSPS) is 27.2. The summed E-state index contributed by atoms with van der Waals surface area (Å²) in [5, 5.41) is 0. The van der Waals surface area contributed by atoms with Crippen LogP contribution in [0.3, 0.4) is 0 Å². The summed E-state index contributed by atoms with van der Waals surface area (Å²) >= 11 is 0. The van der Waals surface area contributed by atoms with E-state index in [1.54, 1.807) is 7.11 Å². The molecule has 1 atom stereocenters. The summed E-state index contributed by atoms with van der Waals surface area (Å²) in [4.78, 5) is 5.34. The molecule has 1 spiro atoms. The van der Waals surface area contributed by atoms with E-state index >= 15 is 0 Å². The van der Waals surface area contributed by atoms with E-state index in [-0.39, 0.29) is 0 Å². The predicted octanol–water partition coefficient (Wildman–Crippen LogP) is 3.02. The van der Waals surface area contributed by atoms with E-state index in [2.05, 4.69) is 28.0 Å². The standard InChI is InChI=1S/C21H32N2O2/c1-24-20-4-2-3-18(13-20)14-23-11-8-21(17-23)6-9-22(10-7-21)15-19-5-12-25-16-19/h2-4,13,19H,5-12,14-17H2,1H3/t19-/m1/s1. The smallest absolute Gasteiger partial charge is 0.119 e. The van der Waals surface area contributed by atoms with Gasteiger partial charge in [-0.2, -0.15) is 0 Å². The molecule has 0 unspecified atom stereocenters. The monoisotopic (exact) mass is 344 g/mol. The number of hydrogen-bond acceptors (Lipinski definition) is 4. The van der Waals surface area contributed by atoms with E-state index < -0.39 is 0 Å². The molecule has 3 aliphatic heterocycles. The molecular weight excluding hydrogens is 312 g/mol. The third-order valence-corrected chi connectivity index (χ3v) is 6.51. The molecule has 0 saturated carbocycles. The zero-order chi connectivity index (χ0) is 17.1. The van der Waals surface area contributed by atoms with Gasteiger partial charge in [0.05, 0.1) is 13.7 Å². The van der Waals surface area contributed by atoms with Crippen molar-refractivity contribution in [3.8, 4) is 5.75 Å². The second-order valence-electron chi connectivity index (χ2n) is 8.34. The zero-order valence-electron chi connectivity index (χ0n) is 15.6. The Morgan fingerprint density at radius 2 is 1.96 bits per heavy atom. The molecule has 0 aromatic heterocycles. The number of hydrogen-bond donors (Lipinski definition) is 0. The molecule has 1 aromatic carbocycles. The van der Waals surface area contributed by atoms with Crippen molar-refractivity contribution in [3.63, 3.8) is 0 Å². The Morgan fingerprint density at radius 1 is 1.16 bits per heavy atom. The van der Waals surface area contributed by atoms with Crippen LogP contribution >= 0.6 is 0 Å². The average Bonchev–Trinajstić information content (AvgIpc) is 3.28. The van der Waals surface area contributed by atoms with Crippen LogP contribution in [0.4, 0.5) is 0 Å². The van der Waals surface area contributed by atoms with Gasteiger partial charge < -0.3 is 14.4 Å². The number of ether oxygens (including phenoxy) is 2. The molecule has 25 heavy (non-hydrogen) atoms. The largest absolute Gasteiger partial charge is 0.497 e. The Kier molecular flexibility index (Phi) is 5.30. The van der Waals surface area contributed by atoms with Crippen molar-refractivity contribution < 1.29 is 9.47 Å². The fraction of sp³-hybridized carbons (Fsp3) is 0.714. The number of likely N-dealkylation sites (tertiary alicyclic amines) is 2. The second-order valence-corrected chi connectivity index (χ2v) is 8.34. The van der Waals surface area contributed by atoms with E-state index in [1.165, 1.54) is 64.0 Å². The van der Waals surface area contributed by atoms with Gasteiger partial charge in [-0.05, 0) is 74.3 Å². The Bertz CT molecular complexity index is 563. The lowest BCUT2D eigenvalue weighted by molar-refractivity contribution is 0.0906. The lowest BCUT2D eigenvalue weighted by Gasteiger charge is -2.40. The van der Waals surface area contributed by atoms with Gasteiger partial charge in [0.15, 0.2) is 0 Å². The van der Waals surface area contributed by atoms with Crippen molar-refractivity contribution in [3.05, 3.63) is 29.8 Å². The van der Waals surface area contributed by atoms with Gasteiger partial charge in [-0.25, -0.2) is 0 Å². The summed E-state index contributed by atoms with van der Waals surface area (Å²) < 4.78 is 10.9. The van der Waals surface area contributed by atoms with Gasteiger partial charge in [0.1, 0.15) is 5.75 Å². The molecule has 0 bridgehead atoms. The van der Waals surface area contributed by atoms with Crippen LogP contribution in [0.15, 0.2) is 24.3 Å². The number of methoxy groups -OCH3 is 1. The van der Waals surface area contributed by atoms with Crippen LogP contribution in [-0.4, -0.2) is 62.8 Å². The Morgan fingerprint density at radius 3 is 2.68 bits per heavy atom. The number of nitrogens with zero attached hydrogens (tertiary/aromatic N) is 2. The summed E-state index contributed by atoms with van der Waals surface area (Å²) in [7, 11) is 1.75. The second kappa shape index (κ2) is 7.65. The van der Waals surface area contributed by atoms with Crippen LogP contribution in [0, 0.1) is 11.3 Å². The molecule has 4 heteroatoms. The SMILES string of the molecule is COc1cccc(CN2CCC3(CCN(C[C@H]4CCOC4)CC3)C2)c1. The highest BCUT2D eigenvalue weighted by Gasteiger charge is 2.40. The van der Waals surface area contributed by atoms with Gasteiger partial charge in [0.2, 0.25) is 0 Å². The van der Waals surface area contributed by atoms with Gasteiger partial charge in [-0.3, -0.25) is 4.90 Å². The van der Waals surface area contributed by atoms with Crippen molar-refractivity contribution in [2.75, 3.05) is 53.0 Å². The first-order valence-corrected chi connectivity index (χ1v) is 9.90. The summed E-state index contributed by atoms with van der Waals surface area (Å²) in [6.45, 7) is 9.34. The van der Waals surface area contributed by atoms with Gasteiger partial charge >= 0.3 is 0 Å². The number of piperidine rings is 1. The van der Waals surface area contributed by atoms with Crippen LogP contribution in [0.1, 0.15) is 31.2 Å². The van der Waals surface area contributed by atoms with Gasteiger partial charge in [-0.1, -0.05) is 12.1 Å². The maximum atomic E-state index is 5.54. The molecule has 3 aliphatic rings. The minimum Gasteiger partial charge on any atom is -0.497 e. The molecule has 3 saturated heterocycles. The molecule has 0 radical (unpaired) electrons. The Labute approximate surface area is 152 Å². The van der Waals surface area contributed by atoms with Gasteiger partial charge in [0, 0.05) is 26.2 Å². The third kappa shape index (κ3) is 4.18. The van der Waals surface area contributed by atoms with Crippen molar-refractivity contribution in [2.45, 2.75) is 32.2 Å². The Balaban J connectivity index is 1.27. The van der Waals surface area contributed by atoms with E-state index in [0.717, 1.165) is 31.4 Å². The number of benzene rings is 1. The molecule has 4 nitrogen and oxygen atoms in total. The van der Waals surface area contributed by atoms with Crippen LogP contribution in [0.2, 0.25) is 0 Å². The van der Waals surface area contributed by atoms with Gasteiger partial charge in [0.25, 0.3) is 0 Å². The molecule has 138 valence electrons. The molecule has 0 N–H and O–H groups in total. The van der Waals surface area contributed by atoms with E-state index in [4.69, 9.17) is 9.47 Å². The van der Waals surface area contributed by atoms with Crippen molar-refractivity contribution in [1.82, 2.24) is 9.80 Å². The van der Waals surface area contributed by atoms with Crippen LogP contribution in [0.5, 0.6) is 5.75 Å². The maximum Gasteiger partial charge on any atom is 0.119 e. The topological polar surface area (TPSA) is 24.9 Å². The quantitative estimate of drug-likeness (QED) is 0.820. The fourth-order valence-electron chi connectivity index (χ4n) is 4.90. The third-order valence-electron chi connectivity index (χ3n) is 6.51. The molecular formula is C21H32N2O2. The molecule has 4 rings (SSSR count). The van der Waals surface area contributed by atoms with Crippen molar-refractivity contribution >= 4 is 0 Å². The summed E-state index contributed by atoms with van der Waals surface area (Å²) in [5.41, 5.74) is 1.94.